The molecule has 1 aliphatic heterocycles. The standard InChI is InChI=1S/C13H20N2O/c16-10-12-3-1-2-11(8-12)9-15-13-4-6-14-7-5-13/h1-3,8,13-16H,4-7,9-10H2. The first-order valence-corrected chi connectivity index (χ1v) is 6.01. The van der Waals surface area contributed by atoms with Gasteiger partial charge in [0, 0.05) is 12.6 Å². The highest BCUT2D eigenvalue weighted by molar-refractivity contribution is 5.22. The average molecular weight is 220 g/mol. The summed E-state index contributed by atoms with van der Waals surface area (Å²) in [7, 11) is 0. The Morgan fingerprint density at radius 2 is 2.00 bits per heavy atom. The second kappa shape index (κ2) is 5.99. The van der Waals surface area contributed by atoms with Crippen LogP contribution in [-0.4, -0.2) is 24.2 Å². The fourth-order valence-corrected chi connectivity index (χ4v) is 2.13. The highest BCUT2D eigenvalue weighted by atomic mass is 16.3. The maximum atomic E-state index is 9.05. The lowest BCUT2D eigenvalue weighted by atomic mass is 10.1. The van der Waals surface area contributed by atoms with Crippen molar-refractivity contribution in [1.82, 2.24) is 10.6 Å². The molecule has 0 spiro atoms. The van der Waals surface area contributed by atoms with Crippen LogP contribution in [0.15, 0.2) is 24.3 Å². The van der Waals surface area contributed by atoms with Crippen molar-refractivity contribution in [2.45, 2.75) is 32.0 Å². The van der Waals surface area contributed by atoms with E-state index in [4.69, 9.17) is 5.11 Å². The van der Waals surface area contributed by atoms with Crippen LogP contribution in [0.2, 0.25) is 0 Å². The molecule has 1 fully saturated rings. The van der Waals surface area contributed by atoms with Crippen molar-refractivity contribution in [2.24, 2.45) is 0 Å². The molecular weight excluding hydrogens is 200 g/mol. The zero-order valence-corrected chi connectivity index (χ0v) is 9.58. The first kappa shape index (κ1) is 11.6. The van der Waals surface area contributed by atoms with E-state index in [9.17, 15) is 0 Å². The first-order valence-electron chi connectivity index (χ1n) is 6.01. The van der Waals surface area contributed by atoms with Crippen molar-refractivity contribution in [1.29, 1.82) is 0 Å². The van der Waals surface area contributed by atoms with Crippen molar-refractivity contribution >= 4 is 0 Å². The predicted octanol–water partition coefficient (Wildman–Crippen LogP) is 1.02. The van der Waals surface area contributed by atoms with E-state index in [2.05, 4.69) is 22.8 Å². The predicted molar refractivity (Wildman–Crippen MR) is 65.1 cm³/mol. The minimum Gasteiger partial charge on any atom is -0.392 e. The van der Waals surface area contributed by atoms with E-state index >= 15 is 0 Å². The number of rotatable bonds is 4. The Kier molecular flexibility index (Phi) is 4.34. The lowest BCUT2D eigenvalue weighted by Crippen LogP contribution is -2.39. The molecule has 0 bridgehead atoms. The summed E-state index contributed by atoms with van der Waals surface area (Å²) in [5.41, 5.74) is 2.25. The molecule has 0 saturated carbocycles. The second-order valence-electron chi connectivity index (χ2n) is 4.38. The van der Waals surface area contributed by atoms with Gasteiger partial charge in [0.15, 0.2) is 0 Å². The molecule has 0 unspecified atom stereocenters. The Labute approximate surface area is 96.9 Å². The largest absolute Gasteiger partial charge is 0.392 e. The maximum Gasteiger partial charge on any atom is 0.0681 e. The average Bonchev–Trinajstić information content (AvgIpc) is 2.38. The van der Waals surface area contributed by atoms with E-state index in [-0.39, 0.29) is 6.61 Å². The minimum absolute atomic E-state index is 0.126. The molecule has 0 aliphatic carbocycles. The minimum atomic E-state index is 0.126. The van der Waals surface area contributed by atoms with Crippen LogP contribution in [0.4, 0.5) is 0 Å². The molecule has 1 aromatic carbocycles. The van der Waals surface area contributed by atoms with Gasteiger partial charge in [-0.05, 0) is 37.1 Å². The van der Waals surface area contributed by atoms with Gasteiger partial charge in [0.2, 0.25) is 0 Å². The molecular formula is C13H20N2O. The number of hydrogen-bond donors (Lipinski definition) is 3. The lowest BCUT2D eigenvalue weighted by Gasteiger charge is -2.23. The van der Waals surface area contributed by atoms with Crippen LogP contribution in [0.5, 0.6) is 0 Å². The van der Waals surface area contributed by atoms with Gasteiger partial charge in [-0.3, -0.25) is 0 Å². The van der Waals surface area contributed by atoms with Crippen molar-refractivity contribution in [3.05, 3.63) is 35.4 Å². The number of nitrogens with one attached hydrogen (secondary N) is 2. The second-order valence-corrected chi connectivity index (χ2v) is 4.38. The molecule has 3 heteroatoms. The Hall–Kier alpha value is -0.900. The highest BCUT2D eigenvalue weighted by Crippen LogP contribution is 2.07. The summed E-state index contributed by atoms with van der Waals surface area (Å²) in [6.45, 7) is 3.27. The summed E-state index contributed by atoms with van der Waals surface area (Å²) >= 11 is 0. The molecule has 16 heavy (non-hydrogen) atoms. The molecule has 1 heterocycles. The molecule has 0 atom stereocenters. The first-order chi connectivity index (χ1) is 7.88. The summed E-state index contributed by atoms with van der Waals surface area (Å²) in [5, 5.41) is 16.0. The maximum absolute atomic E-state index is 9.05. The van der Waals surface area contributed by atoms with E-state index < -0.39 is 0 Å². The van der Waals surface area contributed by atoms with Gasteiger partial charge in [-0.25, -0.2) is 0 Å². The molecule has 88 valence electrons. The Bertz CT molecular complexity index is 321. The van der Waals surface area contributed by atoms with Gasteiger partial charge >= 0.3 is 0 Å². The Morgan fingerprint density at radius 1 is 1.25 bits per heavy atom. The number of hydrogen-bond acceptors (Lipinski definition) is 3. The van der Waals surface area contributed by atoms with E-state index in [0.29, 0.717) is 6.04 Å². The SMILES string of the molecule is OCc1cccc(CNC2CCNCC2)c1. The summed E-state index contributed by atoms with van der Waals surface area (Å²) in [4.78, 5) is 0. The molecule has 1 aliphatic rings. The van der Waals surface area contributed by atoms with E-state index in [1.807, 2.05) is 12.1 Å². The van der Waals surface area contributed by atoms with E-state index in [1.54, 1.807) is 0 Å². The van der Waals surface area contributed by atoms with E-state index in [0.717, 1.165) is 25.2 Å². The van der Waals surface area contributed by atoms with Crippen LogP contribution < -0.4 is 10.6 Å². The summed E-state index contributed by atoms with van der Waals surface area (Å²) < 4.78 is 0. The summed E-state index contributed by atoms with van der Waals surface area (Å²) in [6.07, 6.45) is 2.42. The zero-order valence-electron chi connectivity index (χ0n) is 9.58. The molecule has 0 radical (unpaired) electrons. The molecule has 0 amide bonds. The van der Waals surface area contributed by atoms with Gasteiger partial charge in [-0.1, -0.05) is 24.3 Å². The van der Waals surface area contributed by atoms with Crippen molar-refractivity contribution in [2.75, 3.05) is 13.1 Å². The summed E-state index contributed by atoms with van der Waals surface area (Å²) in [6, 6.07) is 8.76. The molecule has 2 rings (SSSR count). The van der Waals surface area contributed by atoms with Gasteiger partial charge in [-0.15, -0.1) is 0 Å². The quantitative estimate of drug-likeness (QED) is 0.710. The van der Waals surface area contributed by atoms with Crippen LogP contribution in [-0.2, 0) is 13.2 Å². The van der Waals surface area contributed by atoms with Crippen LogP contribution in [0.3, 0.4) is 0 Å². The topological polar surface area (TPSA) is 44.3 Å². The van der Waals surface area contributed by atoms with Crippen LogP contribution in [0.1, 0.15) is 24.0 Å². The molecule has 1 aromatic rings. The van der Waals surface area contributed by atoms with Crippen molar-refractivity contribution in [3.63, 3.8) is 0 Å². The normalized spacial score (nSPS) is 17.6. The zero-order chi connectivity index (χ0) is 11.2. The highest BCUT2D eigenvalue weighted by Gasteiger charge is 2.11. The van der Waals surface area contributed by atoms with Crippen LogP contribution >= 0.6 is 0 Å². The van der Waals surface area contributed by atoms with Crippen molar-refractivity contribution in [3.8, 4) is 0 Å². The van der Waals surface area contributed by atoms with Crippen LogP contribution in [0.25, 0.3) is 0 Å². The number of benzene rings is 1. The fraction of sp³-hybridized carbons (Fsp3) is 0.538. The van der Waals surface area contributed by atoms with Gasteiger partial charge in [0.05, 0.1) is 6.61 Å². The Morgan fingerprint density at radius 3 is 2.75 bits per heavy atom. The number of piperidine rings is 1. The lowest BCUT2D eigenvalue weighted by molar-refractivity contribution is 0.281. The van der Waals surface area contributed by atoms with Crippen molar-refractivity contribution < 1.29 is 5.11 Å². The summed E-state index contributed by atoms with van der Waals surface area (Å²) in [5.74, 6) is 0. The number of aliphatic hydroxyl groups is 1. The number of aliphatic hydroxyl groups excluding tert-OH is 1. The Balaban J connectivity index is 1.83. The molecule has 3 N–H and O–H groups in total. The van der Waals surface area contributed by atoms with E-state index in [1.165, 1.54) is 18.4 Å². The fourth-order valence-electron chi connectivity index (χ4n) is 2.13. The third-order valence-corrected chi connectivity index (χ3v) is 3.11. The van der Waals surface area contributed by atoms with Gasteiger partial charge in [0.25, 0.3) is 0 Å². The third-order valence-electron chi connectivity index (χ3n) is 3.11. The molecule has 1 saturated heterocycles. The molecule has 3 nitrogen and oxygen atoms in total. The van der Waals surface area contributed by atoms with Gasteiger partial charge in [-0.2, -0.15) is 0 Å². The van der Waals surface area contributed by atoms with Gasteiger partial charge < -0.3 is 15.7 Å². The molecule has 0 aromatic heterocycles. The monoisotopic (exact) mass is 220 g/mol. The van der Waals surface area contributed by atoms with Crippen LogP contribution in [0, 0.1) is 0 Å². The smallest absolute Gasteiger partial charge is 0.0681 e. The van der Waals surface area contributed by atoms with Gasteiger partial charge in [0.1, 0.15) is 0 Å². The third kappa shape index (κ3) is 3.30.